The molecule has 0 N–H and O–H groups in total. The van der Waals surface area contributed by atoms with E-state index in [0.29, 0.717) is 0 Å². The minimum absolute atomic E-state index is 1.14. The van der Waals surface area contributed by atoms with Crippen LogP contribution in [-0.2, 0) is 6.54 Å². The smallest absolute Gasteiger partial charge is 0.0482 e. The van der Waals surface area contributed by atoms with E-state index < -0.39 is 0 Å². The van der Waals surface area contributed by atoms with Gasteiger partial charge in [0.15, 0.2) is 0 Å². The van der Waals surface area contributed by atoms with Gasteiger partial charge in [-0.05, 0) is 63.5 Å². The Kier molecular flexibility index (Phi) is 3.88. The van der Waals surface area contributed by atoms with Gasteiger partial charge in [0.2, 0.25) is 0 Å². The van der Waals surface area contributed by atoms with Crippen molar-refractivity contribution in [1.82, 2.24) is 9.47 Å². The summed E-state index contributed by atoms with van der Waals surface area (Å²) in [4.78, 5) is 2.63. The summed E-state index contributed by atoms with van der Waals surface area (Å²) in [5, 5.41) is 1.40. The molecular formula is C17H24N2. The van der Waals surface area contributed by atoms with Gasteiger partial charge in [-0.25, -0.2) is 0 Å². The lowest BCUT2D eigenvalue weighted by Crippen LogP contribution is -2.31. The van der Waals surface area contributed by atoms with E-state index >= 15 is 0 Å². The lowest BCUT2D eigenvalue weighted by atomic mass is 10.1. The Morgan fingerprint density at radius 3 is 2.68 bits per heavy atom. The van der Waals surface area contributed by atoms with Crippen LogP contribution in [0.1, 0.15) is 31.2 Å². The fourth-order valence-corrected chi connectivity index (χ4v) is 3.22. The van der Waals surface area contributed by atoms with Gasteiger partial charge >= 0.3 is 0 Å². The van der Waals surface area contributed by atoms with Crippen LogP contribution < -0.4 is 0 Å². The van der Waals surface area contributed by atoms with Crippen LogP contribution >= 0.6 is 0 Å². The standard InChI is InChI=1S/C17H24N2/c1-15-7-5-8-17-16(15)9-14-19(17)13-6-12-18-10-3-2-4-11-18/h5,7-9,14H,2-4,6,10-13H2,1H3. The van der Waals surface area contributed by atoms with Gasteiger partial charge in [-0.2, -0.15) is 0 Å². The third-order valence-corrected chi connectivity index (χ3v) is 4.35. The SMILES string of the molecule is Cc1cccc2c1ccn2CCCN1CCCCC1. The summed E-state index contributed by atoms with van der Waals surface area (Å²) in [5.41, 5.74) is 2.77. The summed E-state index contributed by atoms with van der Waals surface area (Å²) in [5.74, 6) is 0. The average Bonchev–Trinajstić information content (AvgIpc) is 2.85. The number of likely N-dealkylation sites (tertiary alicyclic amines) is 1. The summed E-state index contributed by atoms with van der Waals surface area (Å²) < 4.78 is 2.41. The van der Waals surface area contributed by atoms with Crippen molar-refractivity contribution in [1.29, 1.82) is 0 Å². The molecule has 0 amide bonds. The number of fused-ring (bicyclic) bond motifs is 1. The molecule has 1 fully saturated rings. The van der Waals surface area contributed by atoms with Crippen molar-refractivity contribution in [2.75, 3.05) is 19.6 Å². The topological polar surface area (TPSA) is 8.17 Å². The van der Waals surface area contributed by atoms with Crippen molar-refractivity contribution in [2.45, 2.75) is 39.2 Å². The summed E-state index contributed by atoms with van der Waals surface area (Å²) in [6.45, 7) is 7.21. The number of aromatic nitrogens is 1. The van der Waals surface area contributed by atoms with Crippen LogP contribution in [0.2, 0.25) is 0 Å². The van der Waals surface area contributed by atoms with Gasteiger partial charge in [-0.15, -0.1) is 0 Å². The van der Waals surface area contributed by atoms with E-state index in [1.165, 1.54) is 61.8 Å². The molecule has 2 nitrogen and oxygen atoms in total. The van der Waals surface area contributed by atoms with Crippen molar-refractivity contribution in [3.05, 3.63) is 36.0 Å². The van der Waals surface area contributed by atoms with Crippen LogP contribution in [0.5, 0.6) is 0 Å². The monoisotopic (exact) mass is 256 g/mol. The highest BCUT2D eigenvalue weighted by Gasteiger charge is 2.09. The van der Waals surface area contributed by atoms with Gasteiger partial charge in [0.1, 0.15) is 0 Å². The Morgan fingerprint density at radius 1 is 1.00 bits per heavy atom. The molecule has 19 heavy (non-hydrogen) atoms. The Morgan fingerprint density at radius 2 is 1.84 bits per heavy atom. The Bertz CT molecular complexity index is 535. The molecule has 2 heteroatoms. The van der Waals surface area contributed by atoms with Crippen LogP contribution in [0.15, 0.2) is 30.5 Å². The number of hydrogen-bond donors (Lipinski definition) is 0. The quantitative estimate of drug-likeness (QED) is 0.807. The largest absolute Gasteiger partial charge is 0.347 e. The number of benzene rings is 1. The number of nitrogens with zero attached hydrogens (tertiary/aromatic N) is 2. The van der Waals surface area contributed by atoms with E-state index in [-0.39, 0.29) is 0 Å². The van der Waals surface area contributed by atoms with E-state index in [1.807, 2.05) is 0 Å². The number of hydrogen-bond acceptors (Lipinski definition) is 1. The van der Waals surface area contributed by atoms with Gasteiger partial charge < -0.3 is 9.47 Å². The van der Waals surface area contributed by atoms with Gasteiger partial charge in [0, 0.05) is 23.6 Å². The van der Waals surface area contributed by atoms with Crippen molar-refractivity contribution in [2.24, 2.45) is 0 Å². The summed E-state index contributed by atoms with van der Waals surface area (Å²) in [7, 11) is 0. The molecule has 1 aliphatic rings. The van der Waals surface area contributed by atoms with Gasteiger partial charge in [-0.3, -0.25) is 0 Å². The second-order valence-corrected chi connectivity index (χ2v) is 5.77. The van der Waals surface area contributed by atoms with E-state index in [1.54, 1.807) is 0 Å². The fourth-order valence-electron chi connectivity index (χ4n) is 3.22. The molecule has 0 atom stereocenters. The van der Waals surface area contributed by atoms with Crippen molar-refractivity contribution in [3.8, 4) is 0 Å². The van der Waals surface area contributed by atoms with Crippen LogP contribution in [0.4, 0.5) is 0 Å². The highest BCUT2D eigenvalue weighted by molar-refractivity contribution is 5.83. The second-order valence-electron chi connectivity index (χ2n) is 5.77. The molecule has 0 unspecified atom stereocenters. The molecule has 1 aromatic heterocycles. The number of aryl methyl sites for hydroxylation is 2. The van der Waals surface area contributed by atoms with Crippen LogP contribution in [0.25, 0.3) is 10.9 Å². The predicted molar refractivity (Wildman–Crippen MR) is 81.6 cm³/mol. The maximum atomic E-state index is 2.63. The van der Waals surface area contributed by atoms with Crippen molar-refractivity contribution < 1.29 is 0 Å². The zero-order chi connectivity index (χ0) is 13.1. The zero-order valence-corrected chi connectivity index (χ0v) is 11.9. The molecule has 1 aromatic carbocycles. The third-order valence-electron chi connectivity index (χ3n) is 4.35. The fraction of sp³-hybridized carbons (Fsp3) is 0.529. The van der Waals surface area contributed by atoms with E-state index in [4.69, 9.17) is 0 Å². The molecule has 3 rings (SSSR count). The predicted octanol–water partition coefficient (Wildman–Crippen LogP) is 3.83. The van der Waals surface area contributed by atoms with E-state index in [9.17, 15) is 0 Å². The van der Waals surface area contributed by atoms with Gasteiger partial charge in [0.05, 0.1) is 0 Å². The number of piperidine rings is 1. The molecule has 0 bridgehead atoms. The molecule has 1 saturated heterocycles. The minimum Gasteiger partial charge on any atom is -0.347 e. The third kappa shape index (κ3) is 2.84. The maximum Gasteiger partial charge on any atom is 0.0482 e. The minimum atomic E-state index is 1.14. The molecule has 0 aliphatic carbocycles. The Hall–Kier alpha value is -1.28. The Balaban J connectivity index is 1.60. The van der Waals surface area contributed by atoms with Crippen molar-refractivity contribution in [3.63, 3.8) is 0 Å². The molecule has 0 radical (unpaired) electrons. The maximum absolute atomic E-state index is 2.63. The number of rotatable bonds is 4. The summed E-state index contributed by atoms with van der Waals surface area (Å²) in [6, 6.07) is 8.86. The normalized spacial score (nSPS) is 17.1. The molecule has 0 saturated carbocycles. The van der Waals surface area contributed by atoms with Crippen LogP contribution in [-0.4, -0.2) is 29.1 Å². The average molecular weight is 256 g/mol. The van der Waals surface area contributed by atoms with Gasteiger partial charge in [0.25, 0.3) is 0 Å². The van der Waals surface area contributed by atoms with E-state index in [2.05, 4.69) is 46.9 Å². The molecule has 1 aliphatic heterocycles. The van der Waals surface area contributed by atoms with Crippen molar-refractivity contribution >= 4 is 10.9 Å². The molecule has 102 valence electrons. The second kappa shape index (κ2) is 5.79. The molecular weight excluding hydrogens is 232 g/mol. The molecule has 0 spiro atoms. The van der Waals surface area contributed by atoms with Crippen LogP contribution in [0.3, 0.4) is 0 Å². The first kappa shape index (κ1) is 12.7. The first-order valence-electron chi connectivity index (χ1n) is 7.61. The molecule has 2 heterocycles. The lowest BCUT2D eigenvalue weighted by Gasteiger charge is -2.26. The van der Waals surface area contributed by atoms with Gasteiger partial charge in [-0.1, -0.05) is 18.6 Å². The first-order chi connectivity index (χ1) is 9.34. The van der Waals surface area contributed by atoms with E-state index in [0.717, 1.165) is 6.54 Å². The molecule has 2 aromatic rings. The Labute approximate surface area is 116 Å². The lowest BCUT2D eigenvalue weighted by molar-refractivity contribution is 0.223. The summed E-state index contributed by atoms with van der Waals surface area (Å²) >= 11 is 0. The highest BCUT2D eigenvalue weighted by Crippen LogP contribution is 2.20. The summed E-state index contributed by atoms with van der Waals surface area (Å²) in [6.07, 6.45) is 7.72. The van der Waals surface area contributed by atoms with Crippen LogP contribution in [0, 0.1) is 6.92 Å². The first-order valence-corrected chi connectivity index (χ1v) is 7.61. The zero-order valence-electron chi connectivity index (χ0n) is 11.9. The highest BCUT2D eigenvalue weighted by atomic mass is 15.1.